The van der Waals surface area contributed by atoms with Crippen LogP contribution in [0.5, 0.6) is 0 Å². The fourth-order valence-corrected chi connectivity index (χ4v) is 4.81. The second kappa shape index (κ2) is 6.41. The minimum absolute atomic E-state index is 0.148. The Morgan fingerprint density at radius 3 is 2.82 bits per heavy atom. The van der Waals surface area contributed by atoms with Gasteiger partial charge in [0.15, 0.2) is 6.04 Å². The van der Waals surface area contributed by atoms with Crippen LogP contribution in [0.25, 0.3) is 0 Å². The predicted molar refractivity (Wildman–Crippen MR) is 94.5 cm³/mol. The molecule has 0 aliphatic carbocycles. The second-order valence-corrected chi connectivity index (χ2v) is 6.80. The lowest BCUT2D eigenvalue weighted by Crippen LogP contribution is -2.64. The van der Waals surface area contributed by atoms with Gasteiger partial charge < -0.3 is 5.11 Å². The molecular formula is C15H13IN2O3S. The van der Waals surface area contributed by atoms with E-state index in [9.17, 15) is 14.7 Å². The molecule has 1 fully saturated rings. The van der Waals surface area contributed by atoms with Gasteiger partial charge in [0.05, 0.1) is 0 Å². The van der Waals surface area contributed by atoms with Gasteiger partial charge in [0.1, 0.15) is 11.1 Å². The average Bonchev–Trinajstić information content (AvgIpc) is 2.54. The number of hydrogen-bond donors (Lipinski definition) is 1. The summed E-state index contributed by atoms with van der Waals surface area (Å²) in [6.07, 6.45) is 1.68. The third kappa shape index (κ3) is 2.67. The number of benzene rings is 1. The van der Waals surface area contributed by atoms with Crippen LogP contribution in [0.2, 0.25) is 0 Å². The molecule has 1 unspecified atom stereocenters. The lowest BCUT2D eigenvalue weighted by molar-refractivity contribution is -0.147. The van der Waals surface area contributed by atoms with E-state index in [1.807, 2.05) is 30.3 Å². The first-order chi connectivity index (χ1) is 10.6. The zero-order chi connectivity index (χ0) is 15.7. The number of thioether (sulfide) groups is 1. The number of amides is 1. The van der Waals surface area contributed by atoms with Gasteiger partial charge in [0, 0.05) is 16.4 Å². The summed E-state index contributed by atoms with van der Waals surface area (Å²) in [7, 11) is 0. The molecule has 1 aromatic carbocycles. The molecule has 2 aliphatic rings. The minimum atomic E-state index is -1.03. The Bertz CT molecular complexity index is 675. The third-order valence-electron chi connectivity index (χ3n) is 3.57. The summed E-state index contributed by atoms with van der Waals surface area (Å²) >= 11 is 3.71. The predicted octanol–water partition coefficient (Wildman–Crippen LogP) is 2.16. The van der Waals surface area contributed by atoms with Gasteiger partial charge in [0.2, 0.25) is 0 Å². The summed E-state index contributed by atoms with van der Waals surface area (Å²) in [6, 6.07) is 9.06. The lowest BCUT2D eigenvalue weighted by atomic mass is 10.0. The highest BCUT2D eigenvalue weighted by molar-refractivity contribution is 14.1. The number of carboxylic acid groups (broad SMARTS) is 1. The molecule has 7 heteroatoms. The molecule has 1 amide bonds. The molecule has 0 bridgehead atoms. The van der Waals surface area contributed by atoms with E-state index in [1.54, 1.807) is 18.0 Å². The highest BCUT2D eigenvalue weighted by atomic mass is 127. The molecule has 3 rings (SSSR count). The Hall–Kier alpha value is -1.35. The van der Waals surface area contributed by atoms with Crippen LogP contribution in [-0.4, -0.2) is 49.7 Å². The molecule has 22 heavy (non-hydrogen) atoms. The molecule has 114 valence electrons. The number of halogens is 1. The van der Waals surface area contributed by atoms with Gasteiger partial charge >= 0.3 is 5.97 Å². The van der Waals surface area contributed by atoms with Gasteiger partial charge in [-0.05, 0) is 11.1 Å². The topological polar surface area (TPSA) is 70.0 Å². The van der Waals surface area contributed by atoms with Crippen molar-refractivity contribution in [2.75, 3.05) is 10.2 Å². The van der Waals surface area contributed by atoms with Crippen molar-refractivity contribution in [1.29, 1.82) is 0 Å². The van der Waals surface area contributed by atoms with Crippen LogP contribution in [-0.2, 0) is 9.59 Å². The molecule has 2 aliphatic heterocycles. The Kier molecular flexibility index (Phi) is 4.53. The van der Waals surface area contributed by atoms with E-state index in [0.717, 1.165) is 11.1 Å². The number of β-lactam (4-membered cyclic amide) rings is 1. The first kappa shape index (κ1) is 15.5. The van der Waals surface area contributed by atoms with Crippen molar-refractivity contribution in [2.45, 2.75) is 11.4 Å². The van der Waals surface area contributed by atoms with Crippen LogP contribution in [0.1, 0.15) is 5.56 Å². The number of hydrogen-bond acceptors (Lipinski definition) is 4. The zero-order valence-electron chi connectivity index (χ0n) is 11.5. The monoisotopic (exact) mass is 428 g/mol. The van der Waals surface area contributed by atoms with Gasteiger partial charge in [-0.2, -0.15) is 0 Å². The van der Waals surface area contributed by atoms with Crippen molar-refractivity contribution >= 4 is 52.4 Å². The van der Waals surface area contributed by atoms with Gasteiger partial charge in [-0.15, -0.1) is 11.8 Å². The Morgan fingerprint density at radius 1 is 1.45 bits per heavy atom. The fourth-order valence-electron chi connectivity index (χ4n) is 2.48. The number of carbonyl (C=O) groups excluding carboxylic acids is 1. The number of carboxylic acids is 1. The van der Waals surface area contributed by atoms with E-state index in [-0.39, 0.29) is 17.0 Å². The van der Waals surface area contributed by atoms with Gasteiger partial charge in [-0.3, -0.25) is 14.7 Å². The normalized spacial score (nSPS) is 24.4. The van der Waals surface area contributed by atoms with Crippen LogP contribution in [0, 0.1) is 0 Å². The van der Waals surface area contributed by atoms with E-state index < -0.39 is 12.0 Å². The molecule has 1 N–H and O–H groups in total. The number of aliphatic carboxylic acids is 1. The number of aliphatic imine (C=N–C) groups is 1. The number of rotatable bonds is 4. The maximum absolute atomic E-state index is 12.3. The van der Waals surface area contributed by atoms with Crippen molar-refractivity contribution in [1.82, 2.24) is 4.90 Å². The van der Waals surface area contributed by atoms with Crippen LogP contribution in [0.15, 0.2) is 46.6 Å². The molecule has 0 saturated carbocycles. The maximum atomic E-state index is 12.3. The Balaban J connectivity index is 1.81. The first-order valence-corrected chi connectivity index (χ1v) is 9.25. The molecule has 2 heterocycles. The SMILES string of the molecule is O=C(O)C1=C(CI)CS[C@@H]2C(N=Cc3ccccc3)C(=O)N12. The Morgan fingerprint density at radius 2 is 2.18 bits per heavy atom. The molecule has 1 aromatic rings. The van der Waals surface area contributed by atoms with Gasteiger partial charge in [0.25, 0.3) is 5.91 Å². The molecule has 5 nitrogen and oxygen atoms in total. The number of carbonyl (C=O) groups is 2. The van der Waals surface area contributed by atoms with Crippen molar-refractivity contribution in [3.05, 3.63) is 47.2 Å². The lowest BCUT2D eigenvalue weighted by Gasteiger charge is -2.47. The van der Waals surface area contributed by atoms with Crippen molar-refractivity contribution in [3.63, 3.8) is 0 Å². The Labute approximate surface area is 145 Å². The highest BCUT2D eigenvalue weighted by Crippen LogP contribution is 2.41. The van der Waals surface area contributed by atoms with E-state index in [4.69, 9.17) is 0 Å². The van der Waals surface area contributed by atoms with Gasteiger partial charge in [-0.1, -0.05) is 52.9 Å². The molecule has 0 aromatic heterocycles. The van der Waals surface area contributed by atoms with E-state index in [2.05, 4.69) is 27.6 Å². The summed E-state index contributed by atoms with van der Waals surface area (Å²) in [4.78, 5) is 29.5. The summed E-state index contributed by atoms with van der Waals surface area (Å²) in [6.45, 7) is 0. The van der Waals surface area contributed by atoms with Crippen LogP contribution in [0.3, 0.4) is 0 Å². The molecule has 0 spiro atoms. The van der Waals surface area contributed by atoms with E-state index >= 15 is 0 Å². The number of nitrogens with zero attached hydrogens (tertiary/aromatic N) is 2. The van der Waals surface area contributed by atoms with Crippen molar-refractivity contribution in [2.24, 2.45) is 4.99 Å². The third-order valence-corrected chi connectivity index (χ3v) is 5.81. The standard InChI is InChI=1S/C15H13IN2O3S/c16-6-10-8-22-14-11(13(19)18(14)12(10)15(20)21)17-7-9-4-2-1-3-5-9/h1-5,7,11,14H,6,8H2,(H,20,21)/t11?,14-/m1/s1. The quantitative estimate of drug-likeness (QED) is 0.346. The summed E-state index contributed by atoms with van der Waals surface area (Å²) in [5, 5.41) is 9.17. The summed E-state index contributed by atoms with van der Waals surface area (Å²) in [5.74, 6) is -0.629. The summed E-state index contributed by atoms with van der Waals surface area (Å²) in [5.41, 5.74) is 1.87. The largest absolute Gasteiger partial charge is 0.477 e. The highest BCUT2D eigenvalue weighted by Gasteiger charge is 2.53. The fraction of sp³-hybridized carbons (Fsp3) is 0.267. The molecule has 1 saturated heterocycles. The summed E-state index contributed by atoms with van der Waals surface area (Å²) < 4.78 is 0.612. The maximum Gasteiger partial charge on any atom is 0.352 e. The number of alkyl halides is 1. The minimum Gasteiger partial charge on any atom is -0.477 e. The molecular weight excluding hydrogens is 415 g/mol. The van der Waals surface area contributed by atoms with Crippen molar-refractivity contribution < 1.29 is 14.7 Å². The zero-order valence-corrected chi connectivity index (χ0v) is 14.5. The van der Waals surface area contributed by atoms with Crippen LogP contribution in [0.4, 0.5) is 0 Å². The van der Waals surface area contributed by atoms with Crippen molar-refractivity contribution in [3.8, 4) is 0 Å². The second-order valence-electron chi connectivity index (χ2n) is 4.93. The average molecular weight is 428 g/mol. The smallest absolute Gasteiger partial charge is 0.352 e. The molecule has 2 atom stereocenters. The van der Waals surface area contributed by atoms with E-state index in [1.165, 1.54) is 4.90 Å². The first-order valence-electron chi connectivity index (χ1n) is 6.67. The van der Waals surface area contributed by atoms with E-state index in [0.29, 0.717) is 10.2 Å². The molecule has 0 radical (unpaired) electrons. The van der Waals surface area contributed by atoms with Crippen LogP contribution < -0.4 is 0 Å². The number of fused-ring (bicyclic) bond motifs is 1. The van der Waals surface area contributed by atoms with Crippen LogP contribution >= 0.6 is 34.4 Å². The van der Waals surface area contributed by atoms with Gasteiger partial charge in [-0.25, -0.2) is 4.79 Å².